The zero-order valence-corrected chi connectivity index (χ0v) is 11.2. The van der Waals surface area contributed by atoms with Crippen molar-refractivity contribution in [3.05, 3.63) is 0 Å². The molecule has 0 aromatic carbocycles. The third-order valence-corrected chi connectivity index (χ3v) is 2.16. The summed E-state index contributed by atoms with van der Waals surface area (Å²) in [4.78, 5) is 13.7. The Bertz CT molecular complexity index is 420. The maximum Gasteiger partial charge on any atom is 0.391 e. The molecule has 0 fully saturated rings. The van der Waals surface area contributed by atoms with Gasteiger partial charge in [0.25, 0.3) is 0 Å². The van der Waals surface area contributed by atoms with Crippen LogP contribution in [-0.4, -0.2) is 48.3 Å². The smallest absolute Gasteiger partial charge is 0.357 e. The lowest BCUT2D eigenvalue weighted by atomic mass is 10.2. The fraction of sp³-hybridized carbons (Fsp3) is 0.700. The highest BCUT2D eigenvalue weighted by atomic mass is 19.4. The minimum Gasteiger partial charge on any atom is -0.357 e. The molecule has 0 bridgehead atoms. The molecule has 108 valence electrons. The fourth-order valence-corrected chi connectivity index (χ4v) is 1.36. The molecule has 0 aliphatic rings. The topological polar surface area (TPSA) is 66.0 Å². The van der Waals surface area contributed by atoms with Crippen LogP contribution in [0.25, 0.3) is 0 Å². The van der Waals surface area contributed by atoms with Gasteiger partial charge in [0, 0.05) is 27.2 Å². The minimum absolute atomic E-state index is 0.111. The zero-order valence-electron chi connectivity index (χ0n) is 11.2. The third kappa shape index (κ3) is 5.14. The van der Waals surface area contributed by atoms with Crippen LogP contribution < -0.4 is 15.5 Å². The monoisotopic (exact) mass is 278 g/mol. The SMILES string of the molecule is CNc1nc(NC(C)CC(F)(F)F)nc(N(C)C)n1. The number of halogens is 3. The summed E-state index contributed by atoms with van der Waals surface area (Å²) in [5.41, 5.74) is 0. The second kappa shape index (κ2) is 5.89. The number of alkyl halides is 3. The highest BCUT2D eigenvalue weighted by molar-refractivity contribution is 5.42. The van der Waals surface area contributed by atoms with Crippen molar-refractivity contribution in [2.75, 3.05) is 36.7 Å². The molecule has 2 N–H and O–H groups in total. The number of nitrogens with zero attached hydrogens (tertiary/aromatic N) is 4. The molecule has 1 aromatic heterocycles. The van der Waals surface area contributed by atoms with E-state index < -0.39 is 18.6 Å². The van der Waals surface area contributed by atoms with E-state index >= 15 is 0 Å². The van der Waals surface area contributed by atoms with Crippen LogP contribution in [0.3, 0.4) is 0 Å². The Kier molecular flexibility index (Phi) is 4.73. The van der Waals surface area contributed by atoms with E-state index in [0.717, 1.165) is 0 Å². The van der Waals surface area contributed by atoms with Crippen molar-refractivity contribution in [1.29, 1.82) is 0 Å². The average molecular weight is 278 g/mol. The van der Waals surface area contributed by atoms with E-state index in [1.54, 1.807) is 26.0 Å². The number of hydrogen-bond acceptors (Lipinski definition) is 6. The van der Waals surface area contributed by atoms with Crippen LogP contribution in [0, 0.1) is 0 Å². The molecule has 0 spiro atoms. The molecule has 19 heavy (non-hydrogen) atoms. The normalized spacial score (nSPS) is 13.0. The highest BCUT2D eigenvalue weighted by Crippen LogP contribution is 2.23. The van der Waals surface area contributed by atoms with Crippen LogP contribution in [0.4, 0.5) is 31.0 Å². The summed E-state index contributed by atoms with van der Waals surface area (Å²) in [6.07, 6.45) is -5.18. The van der Waals surface area contributed by atoms with Gasteiger partial charge in [0.1, 0.15) is 0 Å². The van der Waals surface area contributed by atoms with Gasteiger partial charge in [-0.1, -0.05) is 0 Å². The first-order valence-corrected chi connectivity index (χ1v) is 5.65. The molecule has 0 amide bonds. The Morgan fingerprint density at radius 3 is 2.21 bits per heavy atom. The summed E-state index contributed by atoms with van der Waals surface area (Å²) in [5.74, 6) is 0.765. The van der Waals surface area contributed by atoms with Gasteiger partial charge in [-0.2, -0.15) is 28.1 Å². The number of anilines is 3. The summed E-state index contributed by atoms with van der Waals surface area (Å²) in [6, 6.07) is -0.817. The molecular weight excluding hydrogens is 261 g/mol. The molecule has 0 saturated carbocycles. The van der Waals surface area contributed by atoms with Crippen LogP contribution in [0.15, 0.2) is 0 Å². The first kappa shape index (κ1) is 15.3. The van der Waals surface area contributed by atoms with Crippen molar-refractivity contribution >= 4 is 17.8 Å². The molecule has 1 unspecified atom stereocenters. The molecule has 0 radical (unpaired) electrons. The lowest BCUT2D eigenvalue weighted by molar-refractivity contribution is -0.136. The van der Waals surface area contributed by atoms with Gasteiger partial charge in [-0.25, -0.2) is 0 Å². The van der Waals surface area contributed by atoms with Gasteiger partial charge in [0.05, 0.1) is 6.42 Å². The van der Waals surface area contributed by atoms with Crippen molar-refractivity contribution in [1.82, 2.24) is 15.0 Å². The standard InChI is InChI=1S/C10H17F3N6/c1-6(5-10(11,12)13)15-8-16-7(14-2)17-9(18-8)19(3)4/h6H,5H2,1-4H3,(H2,14,15,16,17,18). The van der Waals surface area contributed by atoms with Crippen molar-refractivity contribution < 1.29 is 13.2 Å². The van der Waals surface area contributed by atoms with Crippen LogP contribution in [0.5, 0.6) is 0 Å². The summed E-state index contributed by atoms with van der Waals surface area (Å²) < 4.78 is 36.7. The molecule has 0 aliphatic carbocycles. The summed E-state index contributed by atoms with van der Waals surface area (Å²) in [6.45, 7) is 1.42. The predicted octanol–water partition coefficient (Wildman–Crippen LogP) is 1.73. The van der Waals surface area contributed by atoms with Gasteiger partial charge in [-0.3, -0.25) is 0 Å². The Labute approximate surface area is 109 Å². The van der Waals surface area contributed by atoms with Gasteiger partial charge >= 0.3 is 6.18 Å². The van der Waals surface area contributed by atoms with Crippen molar-refractivity contribution in [3.8, 4) is 0 Å². The molecule has 1 rings (SSSR count). The van der Waals surface area contributed by atoms with Crippen molar-refractivity contribution in [2.24, 2.45) is 0 Å². The summed E-state index contributed by atoms with van der Waals surface area (Å²) in [7, 11) is 5.09. The maximum absolute atomic E-state index is 12.2. The first-order chi connectivity index (χ1) is 8.71. The maximum atomic E-state index is 12.2. The molecule has 1 aromatic rings. The molecule has 0 aliphatic heterocycles. The number of aromatic nitrogens is 3. The second-order valence-electron chi connectivity index (χ2n) is 4.29. The van der Waals surface area contributed by atoms with Crippen LogP contribution >= 0.6 is 0 Å². The van der Waals surface area contributed by atoms with Gasteiger partial charge in [-0.05, 0) is 6.92 Å². The largest absolute Gasteiger partial charge is 0.391 e. The first-order valence-electron chi connectivity index (χ1n) is 5.65. The van der Waals surface area contributed by atoms with Crippen molar-refractivity contribution in [3.63, 3.8) is 0 Å². The highest BCUT2D eigenvalue weighted by Gasteiger charge is 2.30. The molecular formula is C10H17F3N6. The Balaban J connectivity index is 2.85. The van der Waals surface area contributed by atoms with Crippen LogP contribution in [0.1, 0.15) is 13.3 Å². The van der Waals surface area contributed by atoms with E-state index in [1.807, 2.05) is 0 Å². The average Bonchev–Trinajstić information content (AvgIpc) is 2.25. The predicted molar refractivity (Wildman–Crippen MR) is 67.5 cm³/mol. The quantitative estimate of drug-likeness (QED) is 0.855. The van der Waals surface area contributed by atoms with Gasteiger partial charge in [0.2, 0.25) is 17.8 Å². The number of nitrogens with one attached hydrogen (secondary N) is 2. The summed E-state index contributed by atoms with van der Waals surface area (Å²) in [5, 5.41) is 5.35. The van der Waals surface area contributed by atoms with Gasteiger partial charge in [-0.15, -0.1) is 0 Å². The minimum atomic E-state index is -4.23. The summed E-state index contributed by atoms with van der Waals surface area (Å²) >= 11 is 0. The zero-order chi connectivity index (χ0) is 14.6. The van der Waals surface area contributed by atoms with E-state index in [0.29, 0.717) is 11.9 Å². The third-order valence-electron chi connectivity index (χ3n) is 2.16. The van der Waals surface area contributed by atoms with E-state index in [2.05, 4.69) is 25.6 Å². The Hall–Kier alpha value is -1.80. The molecule has 9 heteroatoms. The van der Waals surface area contributed by atoms with E-state index in [9.17, 15) is 13.2 Å². The second-order valence-corrected chi connectivity index (χ2v) is 4.29. The Morgan fingerprint density at radius 2 is 1.74 bits per heavy atom. The lowest BCUT2D eigenvalue weighted by Crippen LogP contribution is -2.25. The molecule has 6 nitrogen and oxygen atoms in total. The van der Waals surface area contributed by atoms with E-state index in [4.69, 9.17) is 0 Å². The van der Waals surface area contributed by atoms with E-state index in [-0.39, 0.29) is 5.95 Å². The van der Waals surface area contributed by atoms with Crippen LogP contribution in [-0.2, 0) is 0 Å². The van der Waals surface area contributed by atoms with Crippen LogP contribution in [0.2, 0.25) is 0 Å². The van der Waals surface area contributed by atoms with Gasteiger partial charge in [0.15, 0.2) is 0 Å². The van der Waals surface area contributed by atoms with Crippen molar-refractivity contribution in [2.45, 2.75) is 25.6 Å². The van der Waals surface area contributed by atoms with E-state index in [1.165, 1.54) is 6.92 Å². The number of hydrogen-bond donors (Lipinski definition) is 2. The number of rotatable bonds is 5. The molecule has 1 atom stereocenters. The molecule has 0 saturated heterocycles. The molecule has 1 heterocycles. The fourth-order valence-electron chi connectivity index (χ4n) is 1.36. The lowest BCUT2D eigenvalue weighted by Gasteiger charge is -2.17. The Morgan fingerprint density at radius 1 is 1.16 bits per heavy atom. The van der Waals surface area contributed by atoms with Gasteiger partial charge < -0.3 is 15.5 Å².